The minimum Gasteiger partial charge on any atom is -0.357 e. The first-order valence-corrected chi connectivity index (χ1v) is 4.00. The van der Waals surface area contributed by atoms with Crippen molar-refractivity contribution < 1.29 is 9.63 Å². The van der Waals surface area contributed by atoms with Gasteiger partial charge in [0.2, 0.25) is 0 Å². The van der Waals surface area contributed by atoms with Crippen LogP contribution in [-0.4, -0.2) is 24.1 Å². The summed E-state index contributed by atoms with van der Waals surface area (Å²) in [5, 5.41) is 0. The molecule has 11 heavy (non-hydrogen) atoms. The molecule has 0 unspecified atom stereocenters. The predicted octanol–water partition coefficient (Wildman–Crippen LogP) is 1.12. The maximum absolute atomic E-state index is 10.6. The summed E-state index contributed by atoms with van der Waals surface area (Å²) >= 11 is 0. The Hall–Kier alpha value is -0.770. The molecule has 0 saturated carbocycles. The van der Waals surface area contributed by atoms with E-state index in [0.717, 1.165) is 25.9 Å². The zero-order valence-corrected chi connectivity index (χ0v) is 7.17. The number of hydrogen-bond acceptors (Lipinski definition) is 3. The van der Waals surface area contributed by atoms with Crippen molar-refractivity contribution in [3.8, 4) is 0 Å². The van der Waals surface area contributed by atoms with Crippen LogP contribution in [0.2, 0.25) is 0 Å². The highest BCUT2D eigenvalue weighted by atomic mass is 16.7. The molecule has 1 amide bonds. The van der Waals surface area contributed by atoms with E-state index < -0.39 is 6.09 Å². The lowest BCUT2D eigenvalue weighted by molar-refractivity contribution is 0.111. The third kappa shape index (κ3) is 3.23. The Morgan fingerprint density at radius 2 is 1.82 bits per heavy atom. The zero-order valence-electron chi connectivity index (χ0n) is 7.17. The van der Waals surface area contributed by atoms with Gasteiger partial charge in [-0.2, -0.15) is 5.90 Å². The first-order chi connectivity index (χ1) is 5.34. The van der Waals surface area contributed by atoms with Gasteiger partial charge in [0, 0.05) is 13.1 Å². The van der Waals surface area contributed by atoms with Crippen LogP contribution in [0.25, 0.3) is 0 Å². The van der Waals surface area contributed by atoms with E-state index >= 15 is 0 Å². The van der Waals surface area contributed by atoms with E-state index in [-0.39, 0.29) is 0 Å². The molecule has 0 atom stereocenters. The van der Waals surface area contributed by atoms with Gasteiger partial charge in [0.25, 0.3) is 0 Å². The molecule has 66 valence electrons. The quantitative estimate of drug-likeness (QED) is 0.540. The van der Waals surface area contributed by atoms with E-state index in [1.54, 1.807) is 4.90 Å². The Kier molecular flexibility index (Phi) is 5.56. The number of nitrogens with zero attached hydrogens (tertiary/aromatic N) is 1. The smallest absolute Gasteiger partial charge is 0.357 e. The minimum absolute atomic E-state index is 0.410. The van der Waals surface area contributed by atoms with Gasteiger partial charge in [-0.25, -0.2) is 4.79 Å². The molecule has 0 bridgehead atoms. The normalized spacial score (nSPS) is 15.4. The van der Waals surface area contributed by atoms with E-state index in [2.05, 4.69) is 10.7 Å². The fourth-order valence-electron chi connectivity index (χ4n) is 0.974. The number of carbonyl (C=O) groups is 1. The van der Waals surface area contributed by atoms with Crippen molar-refractivity contribution in [2.75, 3.05) is 13.1 Å². The molecule has 1 aliphatic heterocycles. The predicted molar refractivity (Wildman–Crippen MR) is 42.8 cm³/mol. The summed E-state index contributed by atoms with van der Waals surface area (Å²) in [6.45, 7) is 5.58. The van der Waals surface area contributed by atoms with Crippen molar-refractivity contribution in [3.05, 3.63) is 0 Å². The number of nitrogens with two attached hydrogens (primary N) is 1. The molecule has 4 heteroatoms. The van der Waals surface area contributed by atoms with Crippen LogP contribution < -0.4 is 5.90 Å². The largest absolute Gasteiger partial charge is 0.428 e. The molecule has 0 aromatic heterocycles. The Morgan fingerprint density at radius 1 is 1.36 bits per heavy atom. The Balaban J connectivity index is 0.000000461. The van der Waals surface area contributed by atoms with Crippen LogP contribution in [0.4, 0.5) is 4.79 Å². The van der Waals surface area contributed by atoms with Gasteiger partial charge in [-0.1, -0.05) is 13.8 Å². The van der Waals surface area contributed by atoms with Gasteiger partial charge < -0.3 is 9.74 Å². The molecule has 0 aromatic rings. The molecular formula is C7H16N2O2. The molecule has 4 nitrogen and oxygen atoms in total. The van der Waals surface area contributed by atoms with Crippen molar-refractivity contribution in [1.29, 1.82) is 0 Å². The second-order valence-corrected chi connectivity index (χ2v) is 2.08. The van der Waals surface area contributed by atoms with Gasteiger partial charge in [0.05, 0.1) is 0 Å². The molecule has 1 fully saturated rings. The highest BCUT2D eigenvalue weighted by molar-refractivity contribution is 5.67. The maximum Gasteiger partial charge on any atom is 0.428 e. The summed E-state index contributed by atoms with van der Waals surface area (Å²) < 4.78 is 0. The molecule has 0 aliphatic carbocycles. The van der Waals surface area contributed by atoms with Crippen molar-refractivity contribution >= 4 is 6.09 Å². The molecule has 1 heterocycles. The average Bonchev–Trinajstić information content (AvgIpc) is 2.59. The highest BCUT2D eigenvalue weighted by Gasteiger charge is 2.17. The first-order valence-electron chi connectivity index (χ1n) is 4.00. The van der Waals surface area contributed by atoms with Gasteiger partial charge in [-0.15, -0.1) is 0 Å². The molecule has 2 N–H and O–H groups in total. The van der Waals surface area contributed by atoms with Crippen molar-refractivity contribution in [1.82, 2.24) is 4.90 Å². The summed E-state index contributed by atoms with van der Waals surface area (Å²) in [6, 6.07) is 0. The number of amides is 1. The van der Waals surface area contributed by atoms with Crippen LogP contribution in [-0.2, 0) is 4.84 Å². The standard InChI is InChI=1S/C5H10N2O2.C2H6/c6-9-5(8)7-3-1-2-4-7;1-2/h1-4,6H2;1-2H3. The van der Waals surface area contributed by atoms with Crippen LogP contribution in [0.3, 0.4) is 0 Å². The Bertz CT molecular complexity index is 111. The summed E-state index contributed by atoms with van der Waals surface area (Å²) in [7, 11) is 0. The van der Waals surface area contributed by atoms with Crippen LogP contribution in [0.1, 0.15) is 26.7 Å². The maximum atomic E-state index is 10.6. The molecule has 0 aromatic carbocycles. The molecule has 1 rings (SSSR count). The molecule has 0 radical (unpaired) electrons. The third-order valence-electron chi connectivity index (χ3n) is 1.47. The molecule has 0 spiro atoms. The number of likely N-dealkylation sites (tertiary alicyclic amines) is 1. The fourth-order valence-corrected chi connectivity index (χ4v) is 0.974. The van der Waals surface area contributed by atoms with E-state index in [0.29, 0.717) is 0 Å². The second kappa shape index (κ2) is 5.97. The second-order valence-electron chi connectivity index (χ2n) is 2.08. The summed E-state index contributed by atoms with van der Waals surface area (Å²) in [4.78, 5) is 16.2. The van der Waals surface area contributed by atoms with E-state index in [1.807, 2.05) is 13.8 Å². The van der Waals surface area contributed by atoms with Crippen LogP contribution >= 0.6 is 0 Å². The number of carbonyl (C=O) groups excluding carboxylic acids is 1. The lowest BCUT2D eigenvalue weighted by Crippen LogP contribution is -2.30. The Morgan fingerprint density at radius 3 is 2.18 bits per heavy atom. The molecule has 1 saturated heterocycles. The van der Waals surface area contributed by atoms with E-state index in [9.17, 15) is 4.79 Å². The zero-order chi connectivity index (χ0) is 8.69. The van der Waals surface area contributed by atoms with Crippen LogP contribution in [0, 0.1) is 0 Å². The summed E-state index contributed by atoms with van der Waals surface area (Å²) in [5.41, 5.74) is 0. The average molecular weight is 160 g/mol. The summed E-state index contributed by atoms with van der Waals surface area (Å²) in [6.07, 6.45) is 1.72. The van der Waals surface area contributed by atoms with Crippen molar-refractivity contribution in [2.45, 2.75) is 26.7 Å². The summed E-state index contributed by atoms with van der Waals surface area (Å²) in [5.74, 6) is 4.66. The molecule has 1 aliphatic rings. The van der Waals surface area contributed by atoms with Gasteiger partial charge in [0.15, 0.2) is 0 Å². The lowest BCUT2D eigenvalue weighted by atomic mass is 10.4. The van der Waals surface area contributed by atoms with Crippen LogP contribution in [0.5, 0.6) is 0 Å². The Labute approximate surface area is 67.3 Å². The van der Waals surface area contributed by atoms with E-state index in [4.69, 9.17) is 0 Å². The van der Waals surface area contributed by atoms with Gasteiger partial charge >= 0.3 is 6.09 Å². The SMILES string of the molecule is CC.NOC(=O)N1CCCC1. The number of hydrogen-bond donors (Lipinski definition) is 1. The van der Waals surface area contributed by atoms with Gasteiger partial charge in [-0.05, 0) is 12.8 Å². The third-order valence-corrected chi connectivity index (χ3v) is 1.47. The molecular weight excluding hydrogens is 144 g/mol. The van der Waals surface area contributed by atoms with Crippen molar-refractivity contribution in [2.24, 2.45) is 5.90 Å². The van der Waals surface area contributed by atoms with Gasteiger partial charge in [0.1, 0.15) is 0 Å². The van der Waals surface area contributed by atoms with Gasteiger partial charge in [-0.3, -0.25) is 0 Å². The number of rotatable bonds is 0. The lowest BCUT2D eigenvalue weighted by Gasteiger charge is -2.10. The van der Waals surface area contributed by atoms with E-state index in [1.165, 1.54) is 0 Å². The minimum atomic E-state index is -0.410. The topological polar surface area (TPSA) is 55.6 Å². The first kappa shape index (κ1) is 10.2. The monoisotopic (exact) mass is 160 g/mol. The van der Waals surface area contributed by atoms with Crippen LogP contribution in [0.15, 0.2) is 0 Å². The highest BCUT2D eigenvalue weighted by Crippen LogP contribution is 2.07. The fraction of sp³-hybridized carbons (Fsp3) is 0.857. The van der Waals surface area contributed by atoms with Crippen molar-refractivity contribution in [3.63, 3.8) is 0 Å².